The molecule has 122 valence electrons. The van der Waals surface area contributed by atoms with E-state index >= 15 is 0 Å². The van der Waals surface area contributed by atoms with Gasteiger partial charge in [-0.15, -0.1) is 0 Å². The summed E-state index contributed by atoms with van der Waals surface area (Å²) in [5.41, 5.74) is 0. The van der Waals surface area contributed by atoms with E-state index in [1.165, 1.54) is 38.8 Å². The molecular weight excluding hydrogens is 262 g/mol. The minimum Gasteiger partial charge on any atom is -0.340 e. The van der Waals surface area contributed by atoms with E-state index in [0.717, 1.165) is 45.2 Å². The van der Waals surface area contributed by atoms with Crippen molar-refractivity contribution in [1.29, 1.82) is 0 Å². The number of hydrogen-bond acceptors (Lipinski definition) is 3. The van der Waals surface area contributed by atoms with Crippen molar-refractivity contribution in [2.24, 2.45) is 5.92 Å². The van der Waals surface area contributed by atoms with Crippen molar-refractivity contribution in [1.82, 2.24) is 14.7 Å². The molecule has 0 spiro atoms. The SMILES string of the molecule is CC[C@H](C)CN1CCC(=O)N(CCN2CCCCC2)CC1. The first-order valence-corrected chi connectivity index (χ1v) is 8.91. The lowest BCUT2D eigenvalue weighted by Crippen LogP contribution is -2.41. The highest BCUT2D eigenvalue weighted by molar-refractivity contribution is 5.76. The van der Waals surface area contributed by atoms with Crippen LogP contribution in [0.5, 0.6) is 0 Å². The Kier molecular flexibility index (Phi) is 6.97. The van der Waals surface area contributed by atoms with Crippen molar-refractivity contribution in [2.45, 2.75) is 46.0 Å². The molecule has 0 aliphatic carbocycles. The van der Waals surface area contributed by atoms with E-state index < -0.39 is 0 Å². The van der Waals surface area contributed by atoms with Crippen molar-refractivity contribution in [2.75, 3.05) is 52.4 Å². The molecule has 0 aromatic heterocycles. The molecule has 1 atom stereocenters. The Bertz CT molecular complexity index is 315. The van der Waals surface area contributed by atoms with Crippen LogP contribution >= 0.6 is 0 Å². The molecule has 2 fully saturated rings. The number of likely N-dealkylation sites (tertiary alicyclic amines) is 1. The summed E-state index contributed by atoms with van der Waals surface area (Å²) in [7, 11) is 0. The molecule has 2 saturated heterocycles. The molecular formula is C17H33N3O. The van der Waals surface area contributed by atoms with Crippen LogP contribution in [0.3, 0.4) is 0 Å². The summed E-state index contributed by atoms with van der Waals surface area (Å²) < 4.78 is 0. The maximum atomic E-state index is 12.3. The highest BCUT2D eigenvalue weighted by atomic mass is 16.2. The number of hydrogen-bond donors (Lipinski definition) is 0. The third kappa shape index (κ3) is 5.59. The van der Waals surface area contributed by atoms with Crippen molar-refractivity contribution in [3.8, 4) is 0 Å². The molecule has 0 aromatic carbocycles. The molecule has 2 heterocycles. The fourth-order valence-electron chi connectivity index (χ4n) is 3.34. The Balaban J connectivity index is 1.74. The number of piperidine rings is 1. The lowest BCUT2D eigenvalue weighted by molar-refractivity contribution is -0.130. The molecule has 0 bridgehead atoms. The predicted octanol–water partition coefficient (Wildman–Crippen LogP) is 2.05. The first kappa shape index (κ1) is 16.8. The van der Waals surface area contributed by atoms with Gasteiger partial charge < -0.3 is 14.7 Å². The van der Waals surface area contributed by atoms with Gasteiger partial charge in [0.05, 0.1) is 0 Å². The van der Waals surface area contributed by atoms with Gasteiger partial charge in [-0.05, 0) is 31.8 Å². The van der Waals surface area contributed by atoms with Crippen LogP contribution in [0.25, 0.3) is 0 Å². The van der Waals surface area contributed by atoms with Crippen LogP contribution in [0.15, 0.2) is 0 Å². The zero-order chi connectivity index (χ0) is 15.1. The second kappa shape index (κ2) is 8.74. The molecule has 0 aromatic rings. The van der Waals surface area contributed by atoms with Crippen molar-refractivity contribution in [3.05, 3.63) is 0 Å². The molecule has 1 amide bonds. The minimum atomic E-state index is 0.360. The van der Waals surface area contributed by atoms with E-state index in [0.29, 0.717) is 12.3 Å². The van der Waals surface area contributed by atoms with E-state index in [1.807, 2.05) is 0 Å². The van der Waals surface area contributed by atoms with E-state index in [-0.39, 0.29) is 0 Å². The second-order valence-corrected chi connectivity index (χ2v) is 6.85. The zero-order valence-corrected chi connectivity index (χ0v) is 14.0. The third-order valence-corrected chi connectivity index (χ3v) is 5.08. The molecule has 0 N–H and O–H groups in total. The molecule has 2 aliphatic rings. The first-order valence-electron chi connectivity index (χ1n) is 8.91. The molecule has 21 heavy (non-hydrogen) atoms. The average molecular weight is 295 g/mol. The van der Waals surface area contributed by atoms with Crippen LogP contribution in [-0.4, -0.2) is 73.0 Å². The van der Waals surface area contributed by atoms with Crippen LogP contribution < -0.4 is 0 Å². The predicted molar refractivity (Wildman–Crippen MR) is 87.4 cm³/mol. The van der Waals surface area contributed by atoms with Gasteiger partial charge in [-0.2, -0.15) is 0 Å². The smallest absolute Gasteiger partial charge is 0.223 e. The maximum Gasteiger partial charge on any atom is 0.223 e. The molecule has 2 aliphatic heterocycles. The van der Waals surface area contributed by atoms with Crippen molar-refractivity contribution >= 4 is 5.91 Å². The summed E-state index contributed by atoms with van der Waals surface area (Å²) in [5, 5.41) is 0. The van der Waals surface area contributed by atoms with Gasteiger partial charge in [0.1, 0.15) is 0 Å². The lowest BCUT2D eigenvalue weighted by atomic mass is 10.1. The van der Waals surface area contributed by atoms with E-state index in [1.54, 1.807) is 0 Å². The normalized spacial score (nSPS) is 24.1. The van der Waals surface area contributed by atoms with Crippen LogP contribution in [-0.2, 0) is 4.79 Å². The Labute approximate surface area is 130 Å². The number of carbonyl (C=O) groups excluding carboxylic acids is 1. The quantitative estimate of drug-likeness (QED) is 0.750. The largest absolute Gasteiger partial charge is 0.340 e. The number of nitrogens with zero attached hydrogens (tertiary/aromatic N) is 3. The molecule has 0 saturated carbocycles. The van der Waals surface area contributed by atoms with Crippen LogP contribution in [0.1, 0.15) is 46.0 Å². The van der Waals surface area contributed by atoms with Crippen LogP contribution in [0, 0.1) is 5.92 Å². The van der Waals surface area contributed by atoms with E-state index in [9.17, 15) is 4.79 Å². The van der Waals surface area contributed by atoms with E-state index in [4.69, 9.17) is 0 Å². The highest BCUT2D eigenvalue weighted by Crippen LogP contribution is 2.11. The van der Waals surface area contributed by atoms with Crippen molar-refractivity contribution in [3.63, 3.8) is 0 Å². The topological polar surface area (TPSA) is 26.8 Å². The van der Waals surface area contributed by atoms with Gasteiger partial charge in [-0.1, -0.05) is 26.7 Å². The van der Waals surface area contributed by atoms with Gasteiger partial charge in [0, 0.05) is 45.7 Å². The average Bonchev–Trinajstić information content (AvgIpc) is 2.68. The van der Waals surface area contributed by atoms with Gasteiger partial charge in [0.2, 0.25) is 5.91 Å². The lowest BCUT2D eigenvalue weighted by Gasteiger charge is -2.29. The standard InChI is InChI=1S/C17H33N3O/c1-3-16(2)15-19-10-7-17(21)20(14-12-19)13-11-18-8-5-4-6-9-18/h16H,3-15H2,1-2H3/t16-/m0/s1. The summed E-state index contributed by atoms with van der Waals surface area (Å²) >= 11 is 0. The fraction of sp³-hybridized carbons (Fsp3) is 0.941. The zero-order valence-electron chi connectivity index (χ0n) is 14.0. The molecule has 0 radical (unpaired) electrons. The monoisotopic (exact) mass is 295 g/mol. The molecule has 2 rings (SSSR count). The van der Waals surface area contributed by atoms with Gasteiger partial charge in [-0.3, -0.25) is 4.79 Å². The minimum absolute atomic E-state index is 0.360. The van der Waals surface area contributed by atoms with Gasteiger partial charge in [0.25, 0.3) is 0 Å². The number of rotatable bonds is 6. The molecule has 4 heteroatoms. The fourth-order valence-corrected chi connectivity index (χ4v) is 3.34. The number of amides is 1. The molecule has 0 unspecified atom stereocenters. The van der Waals surface area contributed by atoms with Gasteiger partial charge in [0.15, 0.2) is 0 Å². The third-order valence-electron chi connectivity index (χ3n) is 5.08. The maximum absolute atomic E-state index is 12.3. The van der Waals surface area contributed by atoms with Gasteiger partial charge in [-0.25, -0.2) is 0 Å². The first-order chi connectivity index (χ1) is 10.2. The summed E-state index contributed by atoms with van der Waals surface area (Å²) in [6, 6.07) is 0. The van der Waals surface area contributed by atoms with Crippen LogP contribution in [0.4, 0.5) is 0 Å². The summed E-state index contributed by atoms with van der Waals surface area (Å²) in [5.74, 6) is 1.10. The van der Waals surface area contributed by atoms with E-state index in [2.05, 4.69) is 28.5 Å². The number of carbonyl (C=O) groups is 1. The Hall–Kier alpha value is -0.610. The molecule has 4 nitrogen and oxygen atoms in total. The van der Waals surface area contributed by atoms with Gasteiger partial charge >= 0.3 is 0 Å². The second-order valence-electron chi connectivity index (χ2n) is 6.85. The van der Waals surface area contributed by atoms with Crippen LogP contribution in [0.2, 0.25) is 0 Å². The Morgan fingerprint density at radius 2 is 1.71 bits per heavy atom. The summed E-state index contributed by atoms with van der Waals surface area (Å²) in [4.78, 5) is 19.4. The highest BCUT2D eigenvalue weighted by Gasteiger charge is 2.22. The van der Waals surface area contributed by atoms with Crippen molar-refractivity contribution < 1.29 is 4.79 Å². The Morgan fingerprint density at radius 3 is 2.43 bits per heavy atom. The Morgan fingerprint density at radius 1 is 0.952 bits per heavy atom. The summed E-state index contributed by atoms with van der Waals surface area (Å²) in [6.07, 6.45) is 5.97. The summed E-state index contributed by atoms with van der Waals surface area (Å²) in [6.45, 7) is 13.1.